The van der Waals surface area contributed by atoms with E-state index in [2.05, 4.69) is 14.7 Å². The lowest BCUT2D eigenvalue weighted by Crippen LogP contribution is -2.22. The van der Waals surface area contributed by atoms with Crippen molar-refractivity contribution < 1.29 is 8.42 Å². The van der Waals surface area contributed by atoms with Crippen molar-refractivity contribution in [2.24, 2.45) is 0 Å². The highest BCUT2D eigenvalue weighted by atomic mass is 32.2. The van der Waals surface area contributed by atoms with Gasteiger partial charge in [-0.2, -0.15) is 0 Å². The predicted octanol–water partition coefficient (Wildman–Crippen LogP) is 2.23. The monoisotopic (exact) mass is 265 g/mol. The Morgan fingerprint density at radius 1 is 1.22 bits per heavy atom. The van der Waals surface area contributed by atoms with Crippen molar-refractivity contribution >= 4 is 15.7 Å². The molecule has 0 saturated heterocycles. The van der Waals surface area contributed by atoms with Crippen molar-refractivity contribution in [2.45, 2.75) is 19.1 Å². The molecule has 2 aromatic rings. The second-order valence-corrected chi connectivity index (χ2v) is 6.48. The number of anilines is 1. The molecular weight excluding hydrogens is 250 g/mol. The minimum atomic E-state index is -3.29. The lowest BCUT2D eigenvalue weighted by molar-refractivity contribution is 0.593. The Bertz CT molecular complexity index is 601. The molecule has 6 heteroatoms. The van der Waals surface area contributed by atoms with Gasteiger partial charge in [-0.15, -0.1) is 0 Å². The fraction of sp³-hybridized carbons (Fsp3) is 0.250. The Morgan fingerprint density at radius 2 is 1.89 bits per heavy atom. The topological polar surface area (TPSA) is 74.8 Å². The molecular formula is C12H15N3O2S. The van der Waals surface area contributed by atoms with Crippen LogP contribution in [-0.4, -0.2) is 23.6 Å². The molecule has 0 bridgehead atoms. The van der Waals surface area contributed by atoms with Gasteiger partial charge in [0.2, 0.25) is 10.0 Å². The third-order valence-electron chi connectivity index (χ3n) is 2.57. The quantitative estimate of drug-likeness (QED) is 0.890. The van der Waals surface area contributed by atoms with Crippen LogP contribution in [0, 0.1) is 0 Å². The number of aromatic amines is 1. The fourth-order valence-electron chi connectivity index (χ4n) is 1.41. The zero-order chi connectivity index (χ0) is 13.2. The molecule has 0 spiro atoms. The van der Waals surface area contributed by atoms with E-state index >= 15 is 0 Å². The van der Waals surface area contributed by atoms with E-state index in [1.54, 1.807) is 38.5 Å². The van der Waals surface area contributed by atoms with Crippen LogP contribution >= 0.6 is 0 Å². The fourth-order valence-corrected chi connectivity index (χ4v) is 2.11. The Labute approximate surface area is 106 Å². The Balaban J connectivity index is 2.19. The Kier molecular flexibility index (Phi) is 3.38. The first-order valence-corrected chi connectivity index (χ1v) is 7.14. The molecule has 0 amide bonds. The third kappa shape index (κ3) is 2.70. The van der Waals surface area contributed by atoms with Gasteiger partial charge >= 0.3 is 0 Å². The molecule has 1 aromatic carbocycles. The lowest BCUT2D eigenvalue weighted by Gasteiger charge is -2.10. The molecule has 0 aliphatic rings. The summed E-state index contributed by atoms with van der Waals surface area (Å²) in [6.07, 6.45) is 3.32. The molecule has 18 heavy (non-hydrogen) atoms. The van der Waals surface area contributed by atoms with Gasteiger partial charge in [-0.05, 0) is 31.5 Å². The predicted molar refractivity (Wildman–Crippen MR) is 71.7 cm³/mol. The van der Waals surface area contributed by atoms with E-state index in [0.717, 1.165) is 11.3 Å². The van der Waals surface area contributed by atoms with Gasteiger partial charge in [0.15, 0.2) is 0 Å². The Morgan fingerprint density at radius 3 is 2.39 bits per heavy atom. The Hall–Kier alpha value is -1.82. The smallest absolute Gasteiger partial charge is 0.235 e. The summed E-state index contributed by atoms with van der Waals surface area (Å²) in [5, 5.41) is -0.454. The molecule has 0 atom stereocenters. The first-order valence-electron chi connectivity index (χ1n) is 5.59. The van der Waals surface area contributed by atoms with Crippen LogP contribution in [-0.2, 0) is 10.0 Å². The first kappa shape index (κ1) is 12.6. The van der Waals surface area contributed by atoms with Gasteiger partial charge in [0.25, 0.3) is 0 Å². The standard InChI is InChI=1S/C12H15N3O2S/c1-9(2)18(16,17)15-11-5-3-10(4-6-11)12-7-13-8-14-12/h3-9,15H,1-2H3,(H,13,14). The van der Waals surface area contributed by atoms with Crippen LogP contribution in [0.1, 0.15) is 13.8 Å². The number of hydrogen-bond acceptors (Lipinski definition) is 3. The maximum atomic E-state index is 11.7. The maximum Gasteiger partial charge on any atom is 0.235 e. The first-order chi connectivity index (χ1) is 8.49. The van der Waals surface area contributed by atoms with Gasteiger partial charge in [-0.1, -0.05) is 12.1 Å². The van der Waals surface area contributed by atoms with Crippen LogP contribution < -0.4 is 4.72 Å². The number of sulfonamides is 1. The molecule has 1 heterocycles. The summed E-state index contributed by atoms with van der Waals surface area (Å²) in [5.74, 6) is 0. The number of hydrogen-bond donors (Lipinski definition) is 2. The number of imidazole rings is 1. The van der Waals surface area contributed by atoms with E-state index in [-0.39, 0.29) is 0 Å². The second-order valence-electron chi connectivity index (χ2n) is 4.24. The summed E-state index contributed by atoms with van der Waals surface area (Å²) in [6, 6.07) is 7.14. The van der Waals surface area contributed by atoms with Crippen LogP contribution in [0.15, 0.2) is 36.8 Å². The van der Waals surface area contributed by atoms with E-state index in [0.29, 0.717) is 5.69 Å². The zero-order valence-corrected chi connectivity index (χ0v) is 11.0. The normalized spacial score (nSPS) is 11.7. The molecule has 0 aliphatic heterocycles. The van der Waals surface area contributed by atoms with Crippen LogP contribution in [0.5, 0.6) is 0 Å². The number of benzene rings is 1. The number of H-pyrrole nitrogens is 1. The summed E-state index contributed by atoms with van der Waals surface area (Å²) in [6.45, 7) is 3.28. The summed E-state index contributed by atoms with van der Waals surface area (Å²) in [7, 11) is -3.29. The van der Waals surface area contributed by atoms with Crippen molar-refractivity contribution in [3.8, 4) is 11.3 Å². The number of nitrogens with one attached hydrogen (secondary N) is 2. The van der Waals surface area contributed by atoms with E-state index in [1.807, 2.05) is 12.1 Å². The third-order valence-corrected chi connectivity index (χ3v) is 4.34. The van der Waals surface area contributed by atoms with Crippen molar-refractivity contribution in [3.05, 3.63) is 36.8 Å². The van der Waals surface area contributed by atoms with E-state index in [9.17, 15) is 8.42 Å². The lowest BCUT2D eigenvalue weighted by atomic mass is 10.1. The van der Waals surface area contributed by atoms with Crippen LogP contribution in [0.4, 0.5) is 5.69 Å². The molecule has 0 fully saturated rings. The van der Waals surface area contributed by atoms with Crippen LogP contribution in [0.25, 0.3) is 11.3 Å². The van der Waals surface area contributed by atoms with Crippen LogP contribution in [0.2, 0.25) is 0 Å². The average Bonchev–Trinajstić information content (AvgIpc) is 2.83. The highest BCUT2D eigenvalue weighted by Gasteiger charge is 2.15. The number of nitrogens with zero attached hydrogens (tertiary/aromatic N) is 1. The van der Waals surface area contributed by atoms with Crippen molar-refractivity contribution in [2.75, 3.05) is 4.72 Å². The van der Waals surface area contributed by atoms with E-state index < -0.39 is 15.3 Å². The van der Waals surface area contributed by atoms with Gasteiger partial charge in [0.05, 0.1) is 23.5 Å². The molecule has 0 unspecified atom stereocenters. The van der Waals surface area contributed by atoms with Gasteiger partial charge in [-0.25, -0.2) is 13.4 Å². The molecule has 2 rings (SSSR count). The maximum absolute atomic E-state index is 11.7. The van der Waals surface area contributed by atoms with E-state index in [1.165, 1.54) is 0 Å². The summed E-state index contributed by atoms with van der Waals surface area (Å²) >= 11 is 0. The van der Waals surface area contributed by atoms with Crippen molar-refractivity contribution in [3.63, 3.8) is 0 Å². The van der Waals surface area contributed by atoms with Gasteiger partial charge in [0.1, 0.15) is 0 Å². The molecule has 2 N–H and O–H groups in total. The van der Waals surface area contributed by atoms with Crippen molar-refractivity contribution in [1.82, 2.24) is 9.97 Å². The number of rotatable bonds is 4. The highest BCUT2D eigenvalue weighted by Crippen LogP contribution is 2.19. The van der Waals surface area contributed by atoms with Crippen LogP contribution in [0.3, 0.4) is 0 Å². The van der Waals surface area contributed by atoms with E-state index in [4.69, 9.17) is 0 Å². The molecule has 1 aromatic heterocycles. The molecule has 0 saturated carbocycles. The number of aromatic nitrogens is 2. The molecule has 0 aliphatic carbocycles. The zero-order valence-electron chi connectivity index (χ0n) is 10.2. The minimum absolute atomic E-state index is 0.454. The molecule has 0 radical (unpaired) electrons. The van der Waals surface area contributed by atoms with Gasteiger partial charge in [0, 0.05) is 5.69 Å². The highest BCUT2D eigenvalue weighted by molar-refractivity contribution is 7.93. The largest absolute Gasteiger partial charge is 0.345 e. The van der Waals surface area contributed by atoms with Gasteiger partial charge < -0.3 is 4.98 Å². The molecule has 5 nitrogen and oxygen atoms in total. The summed E-state index contributed by atoms with van der Waals surface area (Å²) in [5.41, 5.74) is 2.42. The van der Waals surface area contributed by atoms with Crippen molar-refractivity contribution in [1.29, 1.82) is 0 Å². The SMILES string of the molecule is CC(C)S(=O)(=O)Nc1ccc(-c2cnc[nH]2)cc1. The minimum Gasteiger partial charge on any atom is -0.345 e. The summed E-state index contributed by atoms with van der Waals surface area (Å²) in [4.78, 5) is 6.93. The van der Waals surface area contributed by atoms with Gasteiger partial charge in [-0.3, -0.25) is 4.72 Å². The molecule has 96 valence electrons. The summed E-state index contributed by atoms with van der Waals surface area (Å²) < 4.78 is 25.9. The average molecular weight is 265 g/mol. The second kappa shape index (κ2) is 4.81.